The number of rotatable bonds is 5. The second-order valence-corrected chi connectivity index (χ2v) is 7.21. The van der Waals surface area contributed by atoms with E-state index < -0.39 is 5.97 Å². The highest BCUT2D eigenvalue weighted by Gasteiger charge is 2.27. The van der Waals surface area contributed by atoms with Crippen molar-refractivity contribution in [3.8, 4) is 0 Å². The van der Waals surface area contributed by atoms with Gasteiger partial charge in [-0.2, -0.15) is 5.10 Å². The summed E-state index contributed by atoms with van der Waals surface area (Å²) in [5, 5.41) is 16.1. The average Bonchev–Trinajstić information content (AvgIpc) is 3.19. The summed E-state index contributed by atoms with van der Waals surface area (Å²) >= 11 is 0. The lowest BCUT2D eigenvalue weighted by molar-refractivity contribution is -0.143. The van der Waals surface area contributed by atoms with Crippen molar-refractivity contribution in [1.82, 2.24) is 14.7 Å². The molecular formula is C20H24N4O4. The molecule has 1 saturated heterocycles. The molecule has 2 N–H and O–H groups in total. The number of nitrogens with one attached hydrogen (secondary N) is 1. The Morgan fingerprint density at radius 3 is 2.29 bits per heavy atom. The van der Waals surface area contributed by atoms with Crippen molar-refractivity contribution in [3.63, 3.8) is 0 Å². The van der Waals surface area contributed by atoms with Crippen LogP contribution >= 0.6 is 0 Å². The fourth-order valence-electron chi connectivity index (χ4n) is 3.15. The summed E-state index contributed by atoms with van der Waals surface area (Å²) in [6, 6.07) is 8.51. The number of carboxylic acid groups (broad SMARTS) is 1. The zero-order valence-electron chi connectivity index (χ0n) is 16.0. The van der Waals surface area contributed by atoms with Gasteiger partial charge in [-0.3, -0.25) is 19.1 Å². The van der Waals surface area contributed by atoms with E-state index in [1.54, 1.807) is 46.1 Å². The molecule has 0 spiro atoms. The molecule has 0 unspecified atom stereocenters. The highest BCUT2D eigenvalue weighted by Crippen LogP contribution is 2.20. The highest BCUT2D eigenvalue weighted by molar-refractivity contribution is 6.03. The molecule has 8 nitrogen and oxygen atoms in total. The van der Waals surface area contributed by atoms with Crippen molar-refractivity contribution in [1.29, 1.82) is 0 Å². The molecule has 0 saturated carbocycles. The van der Waals surface area contributed by atoms with Crippen molar-refractivity contribution >= 4 is 23.5 Å². The number of anilines is 1. The molecule has 0 radical (unpaired) electrons. The van der Waals surface area contributed by atoms with Crippen molar-refractivity contribution < 1.29 is 19.5 Å². The van der Waals surface area contributed by atoms with E-state index >= 15 is 0 Å². The van der Waals surface area contributed by atoms with Gasteiger partial charge in [0.15, 0.2) is 5.69 Å². The molecule has 0 aliphatic carbocycles. The third-order valence-electron chi connectivity index (χ3n) is 4.89. The first-order valence-corrected chi connectivity index (χ1v) is 9.34. The Labute approximate surface area is 163 Å². The van der Waals surface area contributed by atoms with Gasteiger partial charge in [0, 0.05) is 36.6 Å². The molecule has 28 heavy (non-hydrogen) atoms. The molecule has 1 aromatic carbocycles. The first-order chi connectivity index (χ1) is 13.3. The zero-order valence-corrected chi connectivity index (χ0v) is 16.0. The fraction of sp³-hybridized carbons (Fsp3) is 0.400. The number of aliphatic carboxylic acids is 1. The molecular weight excluding hydrogens is 360 g/mol. The molecule has 2 aromatic rings. The van der Waals surface area contributed by atoms with Crippen LogP contribution in [0.4, 0.5) is 5.69 Å². The molecule has 2 amide bonds. The lowest BCUT2D eigenvalue weighted by atomic mass is 9.96. The monoisotopic (exact) mass is 384 g/mol. The lowest BCUT2D eigenvalue weighted by Gasteiger charge is -2.30. The van der Waals surface area contributed by atoms with Crippen molar-refractivity contribution in [3.05, 3.63) is 47.8 Å². The van der Waals surface area contributed by atoms with E-state index in [-0.39, 0.29) is 23.8 Å². The van der Waals surface area contributed by atoms with Crippen LogP contribution in [-0.2, 0) is 4.79 Å². The number of carbonyl (C=O) groups excluding carboxylic acids is 2. The lowest BCUT2D eigenvalue weighted by Crippen LogP contribution is -2.40. The number of hydrogen-bond donors (Lipinski definition) is 2. The maximum absolute atomic E-state index is 12.6. The van der Waals surface area contributed by atoms with E-state index in [1.807, 2.05) is 13.8 Å². The third-order valence-corrected chi connectivity index (χ3v) is 4.89. The number of carbonyl (C=O) groups is 3. The second-order valence-electron chi connectivity index (χ2n) is 7.21. The van der Waals surface area contributed by atoms with E-state index in [4.69, 9.17) is 5.11 Å². The molecule has 148 valence electrons. The first-order valence-electron chi connectivity index (χ1n) is 9.34. The van der Waals surface area contributed by atoms with Gasteiger partial charge in [0.25, 0.3) is 11.8 Å². The Hall–Kier alpha value is -3.16. The smallest absolute Gasteiger partial charge is 0.306 e. The van der Waals surface area contributed by atoms with Crippen molar-refractivity contribution in [2.45, 2.75) is 32.7 Å². The molecule has 2 heterocycles. The minimum Gasteiger partial charge on any atom is -0.481 e. The van der Waals surface area contributed by atoms with E-state index in [0.29, 0.717) is 42.9 Å². The predicted octanol–water partition coefficient (Wildman–Crippen LogP) is 2.65. The van der Waals surface area contributed by atoms with Crippen LogP contribution in [0.5, 0.6) is 0 Å². The average molecular weight is 384 g/mol. The largest absolute Gasteiger partial charge is 0.481 e. The van der Waals surface area contributed by atoms with Crippen LogP contribution in [-0.4, -0.2) is 50.7 Å². The summed E-state index contributed by atoms with van der Waals surface area (Å²) < 4.78 is 1.71. The van der Waals surface area contributed by atoms with Gasteiger partial charge in [-0.15, -0.1) is 0 Å². The predicted molar refractivity (Wildman–Crippen MR) is 103 cm³/mol. The van der Waals surface area contributed by atoms with Crippen LogP contribution in [0.1, 0.15) is 53.6 Å². The summed E-state index contributed by atoms with van der Waals surface area (Å²) in [5.74, 6) is -1.61. The Morgan fingerprint density at radius 2 is 1.75 bits per heavy atom. The standard InChI is InChI=1S/C20H24N4O4/c1-13(2)24-12-9-17(22-24)18(25)21-16-5-3-14(4-6-16)19(26)23-10-7-15(8-11-23)20(27)28/h3-6,9,12-13,15H,7-8,10-11H2,1-2H3,(H,21,25)(H,27,28). The van der Waals surface area contributed by atoms with Crippen LogP contribution in [0, 0.1) is 5.92 Å². The fourth-order valence-corrected chi connectivity index (χ4v) is 3.15. The van der Waals surface area contributed by atoms with E-state index in [1.165, 1.54) is 0 Å². The molecule has 3 rings (SSSR count). The van der Waals surface area contributed by atoms with Gasteiger partial charge in [0.2, 0.25) is 0 Å². The van der Waals surface area contributed by atoms with Crippen molar-refractivity contribution in [2.24, 2.45) is 5.92 Å². The molecule has 1 fully saturated rings. The SMILES string of the molecule is CC(C)n1ccc(C(=O)Nc2ccc(C(=O)N3CCC(C(=O)O)CC3)cc2)n1. The molecule has 1 aromatic heterocycles. The quantitative estimate of drug-likeness (QED) is 0.825. The first kappa shape index (κ1) is 19.6. The van der Waals surface area contributed by atoms with Gasteiger partial charge in [-0.05, 0) is 57.0 Å². The maximum atomic E-state index is 12.6. The highest BCUT2D eigenvalue weighted by atomic mass is 16.4. The van der Waals surface area contributed by atoms with Crippen LogP contribution in [0.2, 0.25) is 0 Å². The van der Waals surface area contributed by atoms with Gasteiger partial charge in [0.1, 0.15) is 0 Å². The van der Waals surface area contributed by atoms with E-state index in [2.05, 4.69) is 10.4 Å². The Kier molecular flexibility index (Phi) is 5.77. The summed E-state index contributed by atoms with van der Waals surface area (Å²) in [4.78, 5) is 37.6. The third kappa shape index (κ3) is 4.39. The Balaban J connectivity index is 1.59. The number of hydrogen-bond acceptors (Lipinski definition) is 4. The van der Waals surface area contributed by atoms with Gasteiger partial charge >= 0.3 is 5.97 Å². The summed E-state index contributed by atoms with van der Waals surface area (Å²) in [5.41, 5.74) is 1.41. The molecule has 8 heteroatoms. The number of benzene rings is 1. The molecule has 0 atom stereocenters. The topological polar surface area (TPSA) is 105 Å². The molecule has 1 aliphatic heterocycles. The van der Waals surface area contributed by atoms with Crippen LogP contribution in [0.25, 0.3) is 0 Å². The number of likely N-dealkylation sites (tertiary alicyclic amines) is 1. The zero-order chi connectivity index (χ0) is 20.3. The number of aromatic nitrogens is 2. The van der Waals surface area contributed by atoms with Crippen LogP contribution < -0.4 is 5.32 Å². The number of nitrogens with zero attached hydrogens (tertiary/aromatic N) is 3. The Bertz CT molecular complexity index is 865. The number of carboxylic acids is 1. The Morgan fingerprint density at radius 1 is 1.11 bits per heavy atom. The molecule has 1 aliphatic rings. The maximum Gasteiger partial charge on any atom is 0.306 e. The van der Waals surface area contributed by atoms with Gasteiger partial charge in [-0.25, -0.2) is 0 Å². The second kappa shape index (κ2) is 8.24. The van der Waals surface area contributed by atoms with Crippen LogP contribution in [0.3, 0.4) is 0 Å². The summed E-state index contributed by atoms with van der Waals surface area (Å²) in [6.07, 6.45) is 2.70. The van der Waals surface area contributed by atoms with Crippen molar-refractivity contribution in [2.75, 3.05) is 18.4 Å². The van der Waals surface area contributed by atoms with Gasteiger partial charge in [-0.1, -0.05) is 0 Å². The summed E-state index contributed by atoms with van der Waals surface area (Å²) in [6.45, 7) is 4.84. The number of amides is 2. The minimum absolute atomic E-state index is 0.127. The van der Waals surface area contributed by atoms with Gasteiger partial charge < -0.3 is 15.3 Å². The number of piperidine rings is 1. The van der Waals surface area contributed by atoms with E-state index in [0.717, 1.165) is 0 Å². The van der Waals surface area contributed by atoms with E-state index in [9.17, 15) is 14.4 Å². The van der Waals surface area contributed by atoms with Gasteiger partial charge in [0.05, 0.1) is 5.92 Å². The minimum atomic E-state index is -0.801. The molecule has 0 bridgehead atoms. The normalized spacial score (nSPS) is 14.9. The summed E-state index contributed by atoms with van der Waals surface area (Å²) in [7, 11) is 0. The van der Waals surface area contributed by atoms with Crippen LogP contribution in [0.15, 0.2) is 36.5 Å².